The van der Waals surface area contributed by atoms with E-state index in [0.29, 0.717) is 21.3 Å². The van der Waals surface area contributed by atoms with Crippen LogP contribution >= 0.6 is 35.4 Å². The van der Waals surface area contributed by atoms with Gasteiger partial charge in [0.25, 0.3) is 11.8 Å². The van der Waals surface area contributed by atoms with Crippen LogP contribution in [-0.2, 0) is 9.59 Å². The van der Waals surface area contributed by atoms with Gasteiger partial charge in [0.2, 0.25) is 0 Å². The Morgan fingerprint density at radius 1 is 1.04 bits per heavy atom. The molecule has 1 fully saturated rings. The van der Waals surface area contributed by atoms with Gasteiger partial charge in [-0.15, -0.1) is 0 Å². The molecule has 0 saturated carbocycles. The Labute approximate surface area is 160 Å². The van der Waals surface area contributed by atoms with E-state index in [2.05, 4.69) is 5.32 Å². The zero-order valence-corrected chi connectivity index (χ0v) is 15.4. The predicted molar refractivity (Wildman–Crippen MR) is 104 cm³/mol. The fraction of sp³-hybridized carbons (Fsp3) is 0.0556. The molecule has 2 aromatic carbocycles. The van der Waals surface area contributed by atoms with Crippen molar-refractivity contribution in [1.82, 2.24) is 5.32 Å². The van der Waals surface area contributed by atoms with Crippen LogP contribution < -0.4 is 10.2 Å². The Morgan fingerprint density at radius 3 is 2.32 bits per heavy atom. The number of rotatable bonds is 2. The molecule has 25 heavy (non-hydrogen) atoms. The third kappa shape index (κ3) is 3.31. The molecule has 0 bridgehead atoms. The fourth-order valence-corrected chi connectivity index (χ4v) is 3.26. The molecule has 0 spiro atoms. The Morgan fingerprint density at radius 2 is 1.68 bits per heavy atom. The van der Waals surface area contributed by atoms with Crippen LogP contribution in [0.25, 0.3) is 6.08 Å². The van der Waals surface area contributed by atoms with Crippen molar-refractivity contribution in [3.8, 4) is 0 Å². The summed E-state index contributed by atoms with van der Waals surface area (Å²) in [5.41, 5.74) is 1.77. The Balaban J connectivity index is 2.11. The summed E-state index contributed by atoms with van der Waals surface area (Å²) in [5, 5.41) is 3.26. The number of nitrogens with zero attached hydrogens (tertiary/aromatic N) is 1. The molecule has 1 aliphatic rings. The molecule has 4 nitrogen and oxygen atoms in total. The van der Waals surface area contributed by atoms with Gasteiger partial charge in [0.05, 0.1) is 5.69 Å². The zero-order chi connectivity index (χ0) is 18.1. The third-order valence-corrected chi connectivity index (χ3v) is 4.69. The summed E-state index contributed by atoms with van der Waals surface area (Å²) in [6.45, 7) is 1.86. The van der Waals surface area contributed by atoms with E-state index >= 15 is 0 Å². The molecule has 1 saturated heterocycles. The lowest BCUT2D eigenvalue weighted by atomic mass is 10.1. The second-order valence-electron chi connectivity index (χ2n) is 5.38. The number of hydrogen-bond donors (Lipinski definition) is 1. The van der Waals surface area contributed by atoms with E-state index in [0.717, 1.165) is 5.56 Å². The van der Waals surface area contributed by atoms with Gasteiger partial charge in [-0.25, -0.2) is 0 Å². The quantitative estimate of drug-likeness (QED) is 0.476. The molecular weight excluding hydrogens is 379 g/mol. The van der Waals surface area contributed by atoms with Gasteiger partial charge in [0, 0.05) is 15.6 Å². The molecule has 2 amide bonds. The SMILES string of the molecule is Cc1ccccc1N1C(=O)C(=Cc2c(Cl)cccc2Cl)C(=O)NC1=S. The summed E-state index contributed by atoms with van der Waals surface area (Å²) in [4.78, 5) is 26.5. The van der Waals surface area contributed by atoms with Crippen LogP contribution in [0.1, 0.15) is 11.1 Å². The number of benzene rings is 2. The van der Waals surface area contributed by atoms with E-state index in [9.17, 15) is 9.59 Å². The molecule has 1 aliphatic heterocycles. The van der Waals surface area contributed by atoms with Crippen molar-refractivity contribution in [2.45, 2.75) is 6.92 Å². The molecule has 0 aromatic heterocycles. The largest absolute Gasteiger partial charge is 0.298 e. The van der Waals surface area contributed by atoms with Crippen LogP contribution in [0.15, 0.2) is 48.0 Å². The van der Waals surface area contributed by atoms with Gasteiger partial charge in [0.1, 0.15) is 5.57 Å². The average molecular weight is 391 g/mol. The van der Waals surface area contributed by atoms with E-state index in [-0.39, 0.29) is 10.7 Å². The lowest BCUT2D eigenvalue weighted by Crippen LogP contribution is -2.54. The Hall–Kier alpha value is -2.21. The first-order valence-electron chi connectivity index (χ1n) is 7.31. The molecular formula is C18H12Cl2N2O2S. The number of hydrogen-bond acceptors (Lipinski definition) is 3. The zero-order valence-electron chi connectivity index (χ0n) is 13.0. The number of aryl methyl sites for hydroxylation is 1. The highest BCUT2D eigenvalue weighted by Crippen LogP contribution is 2.29. The number of amides is 2. The summed E-state index contributed by atoms with van der Waals surface area (Å²) in [7, 11) is 0. The summed E-state index contributed by atoms with van der Waals surface area (Å²) in [6, 6.07) is 12.2. The Kier molecular flexibility index (Phi) is 4.90. The third-order valence-electron chi connectivity index (χ3n) is 3.75. The number of thiocarbonyl (C=S) groups is 1. The minimum Gasteiger partial charge on any atom is -0.298 e. The number of carbonyl (C=O) groups excluding carboxylic acids is 2. The lowest BCUT2D eigenvalue weighted by Gasteiger charge is -2.30. The predicted octanol–water partition coefficient (Wildman–Crippen LogP) is 4.13. The summed E-state index contributed by atoms with van der Waals surface area (Å²) in [5.74, 6) is -1.12. The van der Waals surface area contributed by atoms with Crippen molar-refractivity contribution in [2.75, 3.05) is 4.90 Å². The number of anilines is 1. The lowest BCUT2D eigenvalue weighted by molar-refractivity contribution is -0.122. The first-order chi connectivity index (χ1) is 11.9. The van der Waals surface area contributed by atoms with E-state index in [1.54, 1.807) is 30.3 Å². The maximum absolute atomic E-state index is 12.9. The summed E-state index contributed by atoms with van der Waals surface area (Å²) in [6.07, 6.45) is 1.38. The summed E-state index contributed by atoms with van der Waals surface area (Å²) < 4.78 is 0. The van der Waals surface area contributed by atoms with Crippen LogP contribution in [0.3, 0.4) is 0 Å². The second-order valence-corrected chi connectivity index (χ2v) is 6.58. The maximum Gasteiger partial charge on any atom is 0.270 e. The number of carbonyl (C=O) groups is 2. The van der Waals surface area contributed by atoms with Crippen LogP contribution in [-0.4, -0.2) is 16.9 Å². The van der Waals surface area contributed by atoms with Gasteiger partial charge in [-0.05, 0) is 49.0 Å². The van der Waals surface area contributed by atoms with E-state index < -0.39 is 11.8 Å². The van der Waals surface area contributed by atoms with Crippen molar-refractivity contribution < 1.29 is 9.59 Å². The minimum atomic E-state index is -0.587. The topological polar surface area (TPSA) is 49.4 Å². The first-order valence-corrected chi connectivity index (χ1v) is 8.47. The molecule has 0 radical (unpaired) electrons. The Bertz CT molecular complexity index is 920. The second kappa shape index (κ2) is 6.96. The van der Waals surface area contributed by atoms with E-state index in [1.165, 1.54) is 11.0 Å². The monoisotopic (exact) mass is 390 g/mol. The van der Waals surface area contributed by atoms with Gasteiger partial charge in [0.15, 0.2) is 5.11 Å². The van der Waals surface area contributed by atoms with Gasteiger partial charge in [-0.1, -0.05) is 47.5 Å². The van der Waals surface area contributed by atoms with Gasteiger partial charge >= 0.3 is 0 Å². The number of para-hydroxylation sites is 1. The highest BCUT2D eigenvalue weighted by molar-refractivity contribution is 7.80. The fourth-order valence-electron chi connectivity index (χ4n) is 2.48. The van der Waals surface area contributed by atoms with Crippen LogP contribution in [0.4, 0.5) is 5.69 Å². The molecule has 2 aromatic rings. The molecule has 1 heterocycles. The summed E-state index contributed by atoms with van der Waals surface area (Å²) >= 11 is 17.5. The average Bonchev–Trinajstić information content (AvgIpc) is 2.55. The molecule has 0 atom stereocenters. The van der Waals surface area contributed by atoms with E-state index in [1.807, 2.05) is 19.1 Å². The molecule has 7 heteroatoms. The number of halogens is 2. The smallest absolute Gasteiger partial charge is 0.270 e. The van der Waals surface area contributed by atoms with Crippen molar-refractivity contribution in [1.29, 1.82) is 0 Å². The maximum atomic E-state index is 12.9. The van der Waals surface area contributed by atoms with Crippen LogP contribution in [0, 0.1) is 6.92 Å². The van der Waals surface area contributed by atoms with Crippen LogP contribution in [0.2, 0.25) is 10.0 Å². The van der Waals surface area contributed by atoms with Gasteiger partial charge in [-0.2, -0.15) is 0 Å². The highest BCUT2D eigenvalue weighted by atomic mass is 35.5. The van der Waals surface area contributed by atoms with Crippen LogP contribution in [0.5, 0.6) is 0 Å². The molecule has 3 rings (SSSR count). The van der Waals surface area contributed by atoms with Crippen molar-refractivity contribution >= 4 is 64.1 Å². The van der Waals surface area contributed by atoms with Crippen molar-refractivity contribution in [3.63, 3.8) is 0 Å². The first kappa shape index (κ1) is 17.6. The standard InChI is InChI=1S/C18H12Cl2N2O2S/c1-10-5-2-3-8-15(10)22-17(24)12(16(23)21-18(22)25)9-11-13(19)6-4-7-14(11)20/h2-9H,1H3,(H,21,23,25). The minimum absolute atomic E-state index is 0.0340. The van der Waals surface area contributed by atoms with Gasteiger partial charge in [-0.3, -0.25) is 19.8 Å². The van der Waals surface area contributed by atoms with Crippen molar-refractivity contribution in [3.05, 3.63) is 69.2 Å². The normalized spacial score (nSPS) is 16.4. The van der Waals surface area contributed by atoms with Gasteiger partial charge < -0.3 is 0 Å². The van der Waals surface area contributed by atoms with E-state index in [4.69, 9.17) is 35.4 Å². The molecule has 0 unspecified atom stereocenters. The molecule has 1 N–H and O–H groups in total. The highest BCUT2D eigenvalue weighted by Gasteiger charge is 2.35. The molecule has 0 aliphatic carbocycles. The molecule has 126 valence electrons. The number of nitrogens with one attached hydrogen (secondary N) is 1. The van der Waals surface area contributed by atoms with Crippen molar-refractivity contribution in [2.24, 2.45) is 0 Å².